The van der Waals surface area contributed by atoms with Gasteiger partial charge < -0.3 is 5.32 Å². The van der Waals surface area contributed by atoms with E-state index in [-0.39, 0.29) is 0 Å². The minimum absolute atomic E-state index is 0.991. The molecule has 18 heavy (non-hydrogen) atoms. The Morgan fingerprint density at radius 1 is 0.889 bits per heavy atom. The molecule has 0 aliphatic heterocycles. The van der Waals surface area contributed by atoms with Crippen LogP contribution < -0.4 is 5.32 Å². The van der Waals surface area contributed by atoms with E-state index in [9.17, 15) is 0 Å². The van der Waals surface area contributed by atoms with E-state index in [0.717, 1.165) is 12.3 Å². The molecule has 2 heteroatoms. The van der Waals surface area contributed by atoms with Gasteiger partial charge in [0.05, 0.1) is 0 Å². The third-order valence-corrected chi connectivity index (χ3v) is 3.91. The highest BCUT2D eigenvalue weighted by atomic mass is 32.2. The van der Waals surface area contributed by atoms with E-state index in [1.807, 2.05) is 11.8 Å². The smallest absolute Gasteiger partial charge is 0.0399 e. The molecule has 0 saturated carbocycles. The minimum Gasteiger partial charge on any atom is -0.384 e. The molecule has 0 unspecified atom stereocenters. The maximum absolute atomic E-state index is 3.53. The number of anilines is 1. The van der Waals surface area contributed by atoms with Gasteiger partial charge in [-0.1, -0.05) is 36.4 Å². The second-order valence-electron chi connectivity index (χ2n) is 4.36. The molecule has 0 radical (unpaired) electrons. The lowest BCUT2D eigenvalue weighted by Gasteiger charge is -2.12. The molecule has 0 bridgehead atoms. The molecule has 2 rings (SSSR count). The summed E-state index contributed by atoms with van der Waals surface area (Å²) < 4.78 is 0. The Hall–Kier alpha value is -1.41. The van der Waals surface area contributed by atoms with Crippen molar-refractivity contribution in [2.75, 3.05) is 17.6 Å². The van der Waals surface area contributed by atoms with Gasteiger partial charge in [-0.2, -0.15) is 0 Å². The summed E-state index contributed by atoms with van der Waals surface area (Å²) in [7, 11) is 0. The van der Waals surface area contributed by atoms with Crippen LogP contribution in [-0.2, 0) is 0 Å². The normalized spacial score (nSPS) is 10.3. The summed E-state index contributed by atoms with van der Waals surface area (Å²) in [5.74, 6) is 1.08. The first-order valence-electron chi connectivity index (χ1n) is 6.25. The summed E-state index contributed by atoms with van der Waals surface area (Å²) >= 11 is 1.89. The Bertz CT molecular complexity index is 473. The van der Waals surface area contributed by atoms with Gasteiger partial charge in [0.2, 0.25) is 0 Å². The summed E-state index contributed by atoms with van der Waals surface area (Å²) in [6.45, 7) is 5.30. The number of para-hydroxylation sites is 1. The lowest BCUT2D eigenvalue weighted by Crippen LogP contribution is -2.06. The van der Waals surface area contributed by atoms with Crippen LogP contribution in [0.15, 0.2) is 53.4 Å². The van der Waals surface area contributed by atoms with Crippen LogP contribution in [0.25, 0.3) is 0 Å². The third-order valence-electron chi connectivity index (χ3n) is 2.90. The summed E-state index contributed by atoms with van der Waals surface area (Å²) in [5.41, 5.74) is 3.92. The average Bonchev–Trinajstić information content (AvgIpc) is 2.38. The van der Waals surface area contributed by atoms with Crippen molar-refractivity contribution in [2.45, 2.75) is 18.7 Å². The van der Waals surface area contributed by atoms with Gasteiger partial charge in [-0.15, -0.1) is 11.8 Å². The summed E-state index contributed by atoms with van der Waals surface area (Å²) in [6.07, 6.45) is 0. The molecular formula is C16H19NS. The van der Waals surface area contributed by atoms with Crippen molar-refractivity contribution in [3.05, 3.63) is 59.7 Å². The molecule has 0 aromatic heterocycles. The largest absolute Gasteiger partial charge is 0.384 e. The van der Waals surface area contributed by atoms with E-state index in [1.165, 1.54) is 21.7 Å². The lowest BCUT2D eigenvalue weighted by atomic mass is 10.1. The molecule has 1 nitrogen and oxygen atoms in total. The van der Waals surface area contributed by atoms with E-state index in [1.54, 1.807) is 0 Å². The van der Waals surface area contributed by atoms with Crippen LogP contribution in [-0.4, -0.2) is 12.3 Å². The fourth-order valence-corrected chi connectivity index (χ4v) is 2.74. The zero-order valence-corrected chi connectivity index (χ0v) is 11.8. The fraction of sp³-hybridized carbons (Fsp3) is 0.250. The molecule has 0 saturated heterocycles. The van der Waals surface area contributed by atoms with Crippen molar-refractivity contribution in [3.63, 3.8) is 0 Å². The number of hydrogen-bond donors (Lipinski definition) is 1. The quantitative estimate of drug-likeness (QED) is 0.625. The van der Waals surface area contributed by atoms with E-state index in [2.05, 4.69) is 67.7 Å². The molecule has 0 aliphatic rings. The zero-order chi connectivity index (χ0) is 12.8. The van der Waals surface area contributed by atoms with E-state index < -0.39 is 0 Å². The molecule has 0 atom stereocenters. The van der Waals surface area contributed by atoms with Gasteiger partial charge in [-0.25, -0.2) is 0 Å². The number of benzene rings is 2. The average molecular weight is 257 g/mol. The van der Waals surface area contributed by atoms with Crippen LogP contribution >= 0.6 is 11.8 Å². The van der Waals surface area contributed by atoms with Gasteiger partial charge in [-0.05, 0) is 37.1 Å². The summed E-state index contributed by atoms with van der Waals surface area (Å²) in [4.78, 5) is 1.33. The Labute approximate surface area is 114 Å². The van der Waals surface area contributed by atoms with Crippen LogP contribution in [0.3, 0.4) is 0 Å². The lowest BCUT2D eigenvalue weighted by molar-refractivity contribution is 1.19. The molecule has 0 spiro atoms. The summed E-state index contributed by atoms with van der Waals surface area (Å²) in [5, 5.41) is 3.53. The van der Waals surface area contributed by atoms with Gasteiger partial charge in [0.1, 0.15) is 0 Å². The molecule has 0 aliphatic carbocycles. The van der Waals surface area contributed by atoms with Crippen LogP contribution in [0, 0.1) is 13.8 Å². The standard InChI is InChI=1S/C16H19NS/c1-13-7-6-8-14(2)16(13)17-11-12-18-15-9-4-3-5-10-15/h3-10,17H,11-12H2,1-2H3. The van der Waals surface area contributed by atoms with Crippen LogP contribution in [0.2, 0.25) is 0 Å². The molecular weight excluding hydrogens is 238 g/mol. The van der Waals surface area contributed by atoms with E-state index in [0.29, 0.717) is 0 Å². The van der Waals surface area contributed by atoms with Gasteiger partial charge in [0.15, 0.2) is 0 Å². The molecule has 94 valence electrons. The number of rotatable bonds is 5. The first-order chi connectivity index (χ1) is 8.77. The maximum atomic E-state index is 3.53. The van der Waals surface area contributed by atoms with Crippen LogP contribution in [0.1, 0.15) is 11.1 Å². The second-order valence-corrected chi connectivity index (χ2v) is 5.52. The van der Waals surface area contributed by atoms with Crippen molar-refractivity contribution in [1.29, 1.82) is 0 Å². The summed E-state index contributed by atoms with van der Waals surface area (Å²) in [6, 6.07) is 16.9. The van der Waals surface area contributed by atoms with Gasteiger partial charge in [0, 0.05) is 22.9 Å². The van der Waals surface area contributed by atoms with Crippen LogP contribution in [0.5, 0.6) is 0 Å². The highest BCUT2D eigenvalue weighted by Crippen LogP contribution is 2.20. The zero-order valence-electron chi connectivity index (χ0n) is 10.9. The van der Waals surface area contributed by atoms with Crippen molar-refractivity contribution >= 4 is 17.4 Å². The molecule has 2 aromatic carbocycles. The van der Waals surface area contributed by atoms with Gasteiger partial charge in [-0.3, -0.25) is 0 Å². The van der Waals surface area contributed by atoms with E-state index in [4.69, 9.17) is 0 Å². The van der Waals surface area contributed by atoms with Crippen molar-refractivity contribution in [2.24, 2.45) is 0 Å². The predicted molar refractivity (Wildman–Crippen MR) is 81.6 cm³/mol. The van der Waals surface area contributed by atoms with Gasteiger partial charge >= 0.3 is 0 Å². The van der Waals surface area contributed by atoms with Gasteiger partial charge in [0.25, 0.3) is 0 Å². The number of thioether (sulfide) groups is 1. The molecule has 0 fully saturated rings. The second kappa shape index (κ2) is 6.50. The fourth-order valence-electron chi connectivity index (χ4n) is 1.95. The monoisotopic (exact) mass is 257 g/mol. The topological polar surface area (TPSA) is 12.0 Å². The van der Waals surface area contributed by atoms with Crippen molar-refractivity contribution < 1.29 is 0 Å². The highest BCUT2D eigenvalue weighted by molar-refractivity contribution is 7.99. The first-order valence-corrected chi connectivity index (χ1v) is 7.24. The molecule has 2 aromatic rings. The Balaban J connectivity index is 1.82. The Kier molecular flexibility index (Phi) is 4.71. The first kappa shape index (κ1) is 13.0. The van der Waals surface area contributed by atoms with Crippen molar-refractivity contribution in [3.8, 4) is 0 Å². The maximum Gasteiger partial charge on any atom is 0.0399 e. The predicted octanol–water partition coefficient (Wildman–Crippen LogP) is 4.51. The minimum atomic E-state index is 0.991. The number of hydrogen-bond acceptors (Lipinski definition) is 2. The highest BCUT2D eigenvalue weighted by Gasteiger charge is 2.00. The molecule has 1 N–H and O–H groups in total. The number of aryl methyl sites for hydroxylation is 2. The third kappa shape index (κ3) is 3.54. The van der Waals surface area contributed by atoms with Crippen molar-refractivity contribution in [1.82, 2.24) is 0 Å². The van der Waals surface area contributed by atoms with E-state index >= 15 is 0 Å². The Morgan fingerprint density at radius 2 is 1.56 bits per heavy atom. The van der Waals surface area contributed by atoms with Crippen LogP contribution in [0.4, 0.5) is 5.69 Å². The number of nitrogens with one attached hydrogen (secondary N) is 1. The molecule has 0 heterocycles. The molecule has 0 amide bonds. The SMILES string of the molecule is Cc1cccc(C)c1NCCSc1ccccc1. The Morgan fingerprint density at radius 3 is 2.22 bits per heavy atom.